The summed E-state index contributed by atoms with van der Waals surface area (Å²) in [7, 11) is 0. The third-order valence-corrected chi connectivity index (χ3v) is 1.67. The molecule has 4 atom stereocenters. The van der Waals surface area contributed by atoms with Crippen LogP contribution in [0, 0.1) is 12.3 Å². The number of aliphatic hydroxyl groups is 2. The van der Waals surface area contributed by atoms with Gasteiger partial charge in [-0.15, -0.1) is 6.42 Å². The lowest BCUT2D eigenvalue weighted by atomic mass is 10.1. The van der Waals surface area contributed by atoms with Gasteiger partial charge in [-0.25, -0.2) is 0 Å². The number of hydrogen-bond donors (Lipinski definition) is 2. The zero-order valence-corrected chi connectivity index (χ0v) is 5.69. The lowest BCUT2D eigenvalue weighted by Crippen LogP contribution is -2.30. The molecule has 1 heterocycles. The number of ether oxygens (including phenoxy) is 1. The van der Waals surface area contributed by atoms with E-state index in [1.807, 2.05) is 0 Å². The molecule has 1 unspecified atom stereocenters. The van der Waals surface area contributed by atoms with Gasteiger partial charge in [0.2, 0.25) is 0 Å². The Morgan fingerprint density at radius 3 is 2.20 bits per heavy atom. The Labute approximate surface area is 59.6 Å². The average Bonchev–Trinajstić information content (AvgIpc) is 2.17. The molecule has 0 aromatic heterocycles. The van der Waals surface area contributed by atoms with Crippen molar-refractivity contribution in [2.45, 2.75) is 31.3 Å². The molecule has 10 heavy (non-hydrogen) atoms. The van der Waals surface area contributed by atoms with Gasteiger partial charge in [0.05, 0.1) is 6.10 Å². The highest BCUT2D eigenvalue weighted by molar-refractivity contribution is 5.05. The molecule has 1 rings (SSSR count). The molecule has 1 saturated heterocycles. The van der Waals surface area contributed by atoms with Crippen molar-refractivity contribution >= 4 is 0 Å². The van der Waals surface area contributed by atoms with Crippen molar-refractivity contribution < 1.29 is 14.9 Å². The summed E-state index contributed by atoms with van der Waals surface area (Å²) in [4.78, 5) is 0. The van der Waals surface area contributed by atoms with Crippen molar-refractivity contribution in [3.8, 4) is 12.3 Å². The standard InChI is InChI=1S/C7H10O3/c1-3-5-7(9)6(8)4(2)10-5/h1,4-9H,2H3/t4-,5+,6?,7-/m0/s1. The molecule has 3 heteroatoms. The molecular formula is C7H10O3. The van der Waals surface area contributed by atoms with Gasteiger partial charge >= 0.3 is 0 Å². The van der Waals surface area contributed by atoms with Crippen molar-refractivity contribution in [3.63, 3.8) is 0 Å². The van der Waals surface area contributed by atoms with Gasteiger partial charge in [-0.3, -0.25) is 0 Å². The predicted octanol–water partition coefficient (Wildman–Crippen LogP) is -0.871. The maximum absolute atomic E-state index is 9.11. The lowest BCUT2D eigenvalue weighted by molar-refractivity contribution is 0.0317. The van der Waals surface area contributed by atoms with E-state index in [4.69, 9.17) is 21.4 Å². The monoisotopic (exact) mass is 142 g/mol. The van der Waals surface area contributed by atoms with Gasteiger partial charge in [-0.2, -0.15) is 0 Å². The van der Waals surface area contributed by atoms with Crippen LogP contribution in [0.15, 0.2) is 0 Å². The Kier molecular flexibility index (Phi) is 1.95. The summed E-state index contributed by atoms with van der Waals surface area (Å²) in [5, 5.41) is 18.2. The van der Waals surface area contributed by atoms with Gasteiger partial charge < -0.3 is 14.9 Å². The fraction of sp³-hybridized carbons (Fsp3) is 0.714. The van der Waals surface area contributed by atoms with E-state index < -0.39 is 18.3 Å². The van der Waals surface area contributed by atoms with Crippen molar-refractivity contribution in [1.29, 1.82) is 0 Å². The average molecular weight is 142 g/mol. The second-order valence-electron chi connectivity index (χ2n) is 2.41. The van der Waals surface area contributed by atoms with E-state index in [2.05, 4.69) is 5.92 Å². The third-order valence-electron chi connectivity index (χ3n) is 1.67. The molecule has 0 amide bonds. The molecule has 1 aliphatic rings. The van der Waals surface area contributed by atoms with E-state index in [9.17, 15) is 0 Å². The first-order chi connectivity index (χ1) is 4.66. The summed E-state index contributed by atoms with van der Waals surface area (Å²) in [5.74, 6) is 2.24. The maximum atomic E-state index is 9.11. The van der Waals surface area contributed by atoms with E-state index in [0.717, 1.165) is 0 Å². The number of aliphatic hydroxyl groups excluding tert-OH is 2. The van der Waals surface area contributed by atoms with Gasteiger partial charge in [0, 0.05) is 0 Å². The van der Waals surface area contributed by atoms with E-state index in [-0.39, 0.29) is 6.10 Å². The minimum absolute atomic E-state index is 0.365. The first-order valence-corrected chi connectivity index (χ1v) is 3.14. The maximum Gasteiger partial charge on any atom is 0.146 e. The second-order valence-corrected chi connectivity index (χ2v) is 2.41. The molecule has 0 aromatic carbocycles. The van der Waals surface area contributed by atoms with E-state index in [1.54, 1.807) is 6.92 Å². The van der Waals surface area contributed by atoms with Crippen LogP contribution in [-0.2, 0) is 4.74 Å². The van der Waals surface area contributed by atoms with Gasteiger partial charge in [0.25, 0.3) is 0 Å². The van der Waals surface area contributed by atoms with Crippen LogP contribution in [0.3, 0.4) is 0 Å². The predicted molar refractivity (Wildman–Crippen MR) is 35.2 cm³/mol. The number of rotatable bonds is 0. The summed E-state index contributed by atoms with van der Waals surface area (Å²) in [6.45, 7) is 1.67. The van der Waals surface area contributed by atoms with Crippen LogP contribution >= 0.6 is 0 Å². The van der Waals surface area contributed by atoms with Gasteiger partial charge in [-0.05, 0) is 6.92 Å². The van der Waals surface area contributed by atoms with Gasteiger partial charge in [0.1, 0.15) is 18.3 Å². The van der Waals surface area contributed by atoms with Crippen LogP contribution in [0.5, 0.6) is 0 Å². The fourth-order valence-electron chi connectivity index (χ4n) is 0.987. The smallest absolute Gasteiger partial charge is 0.146 e. The third kappa shape index (κ3) is 1.01. The van der Waals surface area contributed by atoms with E-state index in [1.165, 1.54) is 0 Å². The summed E-state index contributed by atoms with van der Waals surface area (Å²) in [6.07, 6.45) is 2.21. The molecule has 0 bridgehead atoms. The van der Waals surface area contributed by atoms with Crippen LogP contribution < -0.4 is 0 Å². The van der Waals surface area contributed by atoms with Crippen LogP contribution in [0.4, 0.5) is 0 Å². The summed E-state index contributed by atoms with van der Waals surface area (Å²) in [6, 6.07) is 0. The van der Waals surface area contributed by atoms with Crippen molar-refractivity contribution in [3.05, 3.63) is 0 Å². The summed E-state index contributed by atoms with van der Waals surface area (Å²) >= 11 is 0. The summed E-state index contributed by atoms with van der Waals surface area (Å²) in [5.41, 5.74) is 0. The Bertz CT molecular complexity index is 161. The minimum atomic E-state index is -0.931. The first kappa shape index (κ1) is 7.55. The zero-order chi connectivity index (χ0) is 7.72. The largest absolute Gasteiger partial charge is 0.388 e. The van der Waals surface area contributed by atoms with Gasteiger partial charge in [0.15, 0.2) is 0 Å². The second kappa shape index (κ2) is 2.59. The Morgan fingerprint density at radius 2 is 2.00 bits per heavy atom. The number of terminal acetylenes is 1. The molecule has 0 aromatic rings. The molecule has 56 valence electrons. The molecule has 0 aliphatic carbocycles. The molecule has 3 nitrogen and oxygen atoms in total. The molecule has 0 radical (unpaired) electrons. The van der Waals surface area contributed by atoms with Crippen LogP contribution in [0.25, 0.3) is 0 Å². The molecule has 1 aliphatic heterocycles. The van der Waals surface area contributed by atoms with Gasteiger partial charge in [-0.1, -0.05) is 5.92 Å². The fourth-order valence-corrected chi connectivity index (χ4v) is 0.987. The summed E-state index contributed by atoms with van der Waals surface area (Å²) < 4.78 is 5.00. The molecule has 0 saturated carbocycles. The molecule has 0 spiro atoms. The quantitative estimate of drug-likeness (QED) is 0.432. The van der Waals surface area contributed by atoms with Crippen LogP contribution in [-0.4, -0.2) is 34.6 Å². The van der Waals surface area contributed by atoms with Crippen molar-refractivity contribution in [2.75, 3.05) is 0 Å². The lowest BCUT2D eigenvalue weighted by Gasteiger charge is -2.07. The highest BCUT2D eigenvalue weighted by Gasteiger charge is 2.38. The van der Waals surface area contributed by atoms with Crippen LogP contribution in [0.1, 0.15) is 6.92 Å². The SMILES string of the molecule is C#C[C@H]1O[C@@H](C)C(O)[C@H]1O. The topological polar surface area (TPSA) is 49.7 Å². The van der Waals surface area contributed by atoms with Crippen LogP contribution in [0.2, 0.25) is 0 Å². The van der Waals surface area contributed by atoms with Crippen molar-refractivity contribution in [1.82, 2.24) is 0 Å². The molecular weight excluding hydrogens is 132 g/mol. The minimum Gasteiger partial charge on any atom is -0.388 e. The Balaban J connectivity index is 2.64. The Morgan fingerprint density at radius 1 is 1.40 bits per heavy atom. The van der Waals surface area contributed by atoms with Crippen molar-refractivity contribution in [2.24, 2.45) is 0 Å². The van der Waals surface area contributed by atoms with E-state index >= 15 is 0 Å². The highest BCUT2D eigenvalue weighted by Crippen LogP contribution is 2.19. The first-order valence-electron chi connectivity index (χ1n) is 3.14. The molecule has 1 fully saturated rings. The number of hydrogen-bond acceptors (Lipinski definition) is 3. The normalized spacial score (nSPS) is 47.0. The molecule has 2 N–H and O–H groups in total. The zero-order valence-electron chi connectivity index (χ0n) is 5.69. The highest BCUT2D eigenvalue weighted by atomic mass is 16.5. The Hall–Kier alpha value is -0.560. The van der Waals surface area contributed by atoms with E-state index in [0.29, 0.717) is 0 Å².